The average Bonchev–Trinajstić information content (AvgIpc) is 2.55. The first kappa shape index (κ1) is 10.3. The highest BCUT2D eigenvalue weighted by Gasteiger charge is 2.11. The molecule has 1 aromatic heterocycles. The summed E-state index contributed by atoms with van der Waals surface area (Å²) >= 11 is 0. The fraction of sp³-hybridized carbons (Fsp3) is 0.600. The number of hydrogen-bond acceptors (Lipinski definition) is 3. The predicted molar refractivity (Wildman–Crippen MR) is 51.3 cm³/mol. The van der Waals surface area contributed by atoms with Gasteiger partial charge in [0.2, 0.25) is 0 Å². The zero-order valence-electron chi connectivity index (χ0n) is 8.19. The van der Waals surface area contributed by atoms with Crippen molar-refractivity contribution in [3.8, 4) is 0 Å². The summed E-state index contributed by atoms with van der Waals surface area (Å²) in [6.45, 7) is 2.88. The van der Waals surface area contributed by atoms with E-state index < -0.39 is 0 Å². The minimum atomic E-state index is 0.0592. The van der Waals surface area contributed by atoms with Gasteiger partial charge in [-0.2, -0.15) is 0 Å². The summed E-state index contributed by atoms with van der Waals surface area (Å²) in [6.07, 6.45) is 4.27. The highest BCUT2D eigenvalue weighted by Crippen LogP contribution is 2.19. The van der Waals surface area contributed by atoms with Crippen molar-refractivity contribution in [1.29, 1.82) is 0 Å². The quantitative estimate of drug-likeness (QED) is 0.759. The molecule has 3 nitrogen and oxygen atoms in total. The second kappa shape index (κ2) is 5.04. The van der Waals surface area contributed by atoms with Crippen molar-refractivity contribution in [1.82, 2.24) is 0 Å². The molecule has 74 valence electrons. The smallest absolute Gasteiger partial charge is 0.0950 e. The van der Waals surface area contributed by atoms with Crippen LogP contribution >= 0.6 is 0 Å². The minimum absolute atomic E-state index is 0.0592. The summed E-state index contributed by atoms with van der Waals surface area (Å²) in [7, 11) is 1.71. The third kappa shape index (κ3) is 3.20. The molecule has 1 rings (SSSR count). The van der Waals surface area contributed by atoms with Gasteiger partial charge in [-0.1, -0.05) is 6.92 Å². The van der Waals surface area contributed by atoms with Gasteiger partial charge >= 0.3 is 0 Å². The van der Waals surface area contributed by atoms with Crippen LogP contribution in [-0.2, 0) is 4.74 Å². The Balaban J connectivity index is 2.37. The van der Waals surface area contributed by atoms with Crippen LogP contribution < -0.4 is 5.73 Å². The van der Waals surface area contributed by atoms with Gasteiger partial charge in [0, 0.05) is 25.3 Å². The zero-order valence-corrected chi connectivity index (χ0v) is 8.19. The van der Waals surface area contributed by atoms with E-state index in [4.69, 9.17) is 14.9 Å². The third-order valence-corrected chi connectivity index (χ3v) is 2.08. The molecule has 1 heterocycles. The van der Waals surface area contributed by atoms with Crippen molar-refractivity contribution in [2.75, 3.05) is 13.7 Å². The zero-order chi connectivity index (χ0) is 9.68. The van der Waals surface area contributed by atoms with Crippen LogP contribution in [0.4, 0.5) is 0 Å². The van der Waals surface area contributed by atoms with E-state index in [0.717, 1.165) is 18.6 Å². The molecule has 2 unspecified atom stereocenters. The Hall–Kier alpha value is -0.800. The van der Waals surface area contributed by atoms with Gasteiger partial charge in [-0.15, -0.1) is 0 Å². The molecule has 0 radical (unpaired) electrons. The maximum Gasteiger partial charge on any atom is 0.0950 e. The largest absolute Gasteiger partial charge is 0.472 e. The van der Waals surface area contributed by atoms with Gasteiger partial charge in [0.1, 0.15) is 0 Å². The first-order valence-electron chi connectivity index (χ1n) is 4.50. The third-order valence-electron chi connectivity index (χ3n) is 2.08. The molecule has 0 fully saturated rings. The van der Waals surface area contributed by atoms with Crippen molar-refractivity contribution < 1.29 is 9.15 Å². The molecule has 0 spiro atoms. The Bertz CT molecular complexity index is 221. The standard InChI is InChI=1S/C10H17NO2/c1-8(6-12-2)5-10(11)9-3-4-13-7-9/h3-4,7-8,10H,5-6,11H2,1-2H3. The van der Waals surface area contributed by atoms with E-state index in [-0.39, 0.29) is 6.04 Å². The highest BCUT2D eigenvalue weighted by atomic mass is 16.5. The van der Waals surface area contributed by atoms with Crippen LogP contribution in [0.15, 0.2) is 23.0 Å². The van der Waals surface area contributed by atoms with E-state index in [0.29, 0.717) is 5.92 Å². The van der Waals surface area contributed by atoms with Crippen LogP contribution in [0.2, 0.25) is 0 Å². The van der Waals surface area contributed by atoms with Gasteiger partial charge in [0.25, 0.3) is 0 Å². The van der Waals surface area contributed by atoms with Gasteiger partial charge in [-0.05, 0) is 18.4 Å². The molecule has 2 atom stereocenters. The molecular formula is C10H17NO2. The summed E-state index contributed by atoms with van der Waals surface area (Å²) in [5, 5.41) is 0. The maximum atomic E-state index is 5.96. The Kier molecular flexibility index (Phi) is 3.99. The molecule has 1 aromatic rings. The Labute approximate surface area is 78.9 Å². The molecule has 3 heteroatoms. The Morgan fingerprint density at radius 2 is 2.38 bits per heavy atom. The number of rotatable bonds is 5. The lowest BCUT2D eigenvalue weighted by Gasteiger charge is -2.14. The summed E-state index contributed by atoms with van der Waals surface area (Å²) in [5.74, 6) is 0.481. The fourth-order valence-corrected chi connectivity index (χ4v) is 1.41. The number of methoxy groups -OCH3 is 1. The molecule has 0 amide bonds. The SMILES string of the molecule is COCC(C)CC(N)c1ccoc1. The van der Waals surface area contributed by atoms with Gasteiger partial charge in [0.05, 0.1) is 12.5 Å². The maximum absolute atomic E-state index is 5.96. The number of nitrogens with two attached hydrogens (primary N) is 1. The van der Waals surface area contributed by atoms with E-state index >= 15 is 0 Å². The monoisotopic (exact) mass is 183 g/mol. The van der Waals surface area contributed by atoms with Crippen molar-refractivity contribution in [2.24, 2.45) is 11.7 Å². The normalized spacial score (nSPS) is 15.6. The van der Waals surface area contributed by atoms with Crippen LogP contribution in [0, 0.1) is 5.92 Å². The number of ether oxygens (including phenoxy) is 1. The lowest BCUT2D eigenvalue weighted by molar-refractivity contribution is 0.152. The van der Waals surface area contributed by atoms with Crippen molar-refractivity contribution in [3.63, 3.8) is 0 Å². The number of furan rings is 1. The molecule has 0 aromatic carbocycles. The first-order chi connectivity index (χ1) is 6.24. The van der Waals surface area contributed by atoms with E-state index in [1.54, 1.807) is 19.6 Å². The fourth-order valence-electron chi connectivity index (χ4n) is 1.41. The summed E-state index contributed by atoms with van der Waals surface area (Å²) in [5.41, 5.74) is 7.01. The summed E-state index contributed by atoms with van der Waals surface area (Å²) in [6, 6.07) is 1.97. The van der Waals surface area contributed by atoms with Gasteiger partial charge < -0.3 is 14.9 Å². The first-order valence-corrected chi connectivity index (χ1v) is 4.50. The topological polar surface area (TPSA) is 48.4 Å². The Morgan fingerprint density at radius 3 is 2.92 bits per heavy atom. The van der Waals surface area contributed by atoms with Gasteiger partial charge in [0.15, 0.2) is 0 Å². The van der Waals surface area contributed by atoms with E-state index in [1.807, 2.05) is 6.07 Å². The molecule has 0 saturated heterocycles. The summed E-state index contributed by atoms with van der Waals surface area (Å²) < 4.78 is 10.0. The van der Waals surface area contributed by atoms with Crippen LogP contribution in [0.3, 0.4) is 0 Å². The molecule has 0 aliphatic rings. The molecule has 0 aliphatic heterocycles. The van der Waals surface area contributed by atoms with Crippen LogP contribution in [0.5, 0.6) is 0 Å². The van der Waals surface area contributed by atoms with Crippen LogP contribution in [-0.4, -0.2) is 13.7 Å². The lowest BCUT2D eigenvalue weighted by atomic mass is 9.99. The molecular weight excluding hydrogens is 166 g/mol. The van der Waals surface area contributed by atoms with Crippen molar-refractivity contribution in [2.45, 2.75) is 19.4 Å². The number of hydrogen-bond donors (Lipinski definition) is 1. The molecule has 13 heavy (non-hydrogen) atoms. The molecule has 0 aliphatic carbocycles. The second-order valence-corrected chi connectivity index (χ2v) is 3.46. The average molecular weight is 183 g/mol. The van der Waals surface area contributed by atoms with E-state index in [9.17, 15) is 0 Å². The molecule has 0 bridgehead atoms. The summed E-state index contributed by atoms with van der Waals surface area (Å²) in [4.78, 5) is 0. The van der Waals surface area contributed by atoms with Gasteiger partial charge in [-0.25, -0.2) is 0 Å². The predicted octanol–water partition coefficient (Wildman–Crippen LogP) is 1.95. The minimum Gasteiger partial charge on any atom is -0.472 e. The van der Waals surface area contributed by atoms with E-state index in [2.05, 4.69) is 6.92 Å². The van der Waals surface area contributed by atoms with Crippen molar-refractivity contribution >= 4 is 0 Å². The van der Waals surface area contributed by atoms with Crippen molar-refractivity contribution in [3.05, 3.63) is 24.2 Å². The molecule has 0 saturated carbocycles. The lowest BCUT2D eigenvalue weighted by Crippen LogP contribution is -2.15. The highest BCUT2D eigenvalue weighted by molar-refractivity contribution is 5.10. The van der Waals surface area contributed by atoms with Gasteiger partial charge in [-0.3, -0.25) is 0 Å². The second-order valence-electron chi connectivity index (χ2n) is 3.46. The van der Waals surface area contributed by atoms with Crippen LogP contribution in [0.25, 0.3) is 0 Å². The Morgan fingerprint density at radius 1 is 1.62 bits per heavy atom. The van der Waals surface area contributed by atoms with Crippen LogP contribution in [0.1, 0.15) is 24.9 Å². The van der Waals surface area contributed by atoms with E-state index in [1.165, 1.54) is 0 Å². The molecule has 2 N–H and O–H groups in total.